The van der Waals surface area contributed by atoms with Crippen molar-refractivity contribution in [2.24, 2.45) is 0 Å². The third-order valence-electron chi connectivity index (χ3n) is 4.07. The Bertz CT molecular complexity index is 719. The summed E-state index contributed by atoms with van der Waals surface area (Å²) < 4.78 is 16.0. The van der Waals surface area contributed by atoms with Crippen LogP contribution in [0.4, 0.5) is 11.4 Å². The predicted molar refractivity (Wildman–Crippen MR) is 104 cm³/mol. The number of amides is 1. The highest BCUT2D eigenvalue weighted by Gasteiger charge is 2.17. The van der Waals surface area contributed by atoms with Crippen LogP contribution in [-0.4, -0.2) is 33.3 Å². The van der Waals surface area contributed by atoms with Gasteiger partial charge in [0.1, 0.15) is 6.04 Å². The second-order valence-electron chi connectivity index (χ2n) is 5.82. The number of benzene rings is 2. The number of aryl methyl sites for hydroxylation is 1. The Balaban J connectivity index is 2.10. The molecule has 0 saturated carbocycles. The third-order valence-corrected chi connectivity index (χ3v) is 4.07. The number of hydrogen-bond donors (Lipinski definition) is 2. The Morgan fingerprint density at radius 1 is 0.962 bits per heavy atom. The van der Waals surface area contributed by atoms with Gasteiger partial charge in [-0.25, -0.2) is 0 Å². The molecule has 0 unspecified atom stereocenters. The van der Waals surface area contributed by atoms with Gasteiger partial charge in [-0.3, -0.25) is 4.79 Å². The quantitative estimate of drug-likeness (QED) is 0.753. The van der Waals surface area contributed by atoms with Crippen LogP contribution in [0.25, 0.3) is 0 Å². The van der Waals surface area contributed by atoms with E-state index in [1.54, 1.807) is 40.4 Å². The molecule has 2 N–H and O–H groups in total. The maximum absolute atomic E-state index is 12.4. The van der Waals surface area contributed by atoms with Crippen molar-refractivity contribution in [2.75, 3.05) is 32.0 Å². The molecule has 6 heteroatoms. The van der Waals surface area contributed by atoms with E-state index in [1.165, 1.54) is 5.56 Å². The van der Waals surface area contributed by atoms with Crippen molar-refractivity contribution in [3.05, 3.63) is 42.0 Å². The minimum absolute atomic E-state index is 0.136. The van der Waals surface area contributed by atoms with Crippen LogP contribution in [0.1, 0.15) is 19.4 Å². The Morgan fingerprint density at radius 3 is 2.00 bits per heavy atom. The standard InChI is InChI=1S/C20H26N2O4/c1-6-14-7-9-15(10-8-14)22-20(23)13(2)21-16-11-17(24-3)19(26-5)18(12-16)25-4/h7-13,21H,6H2,1-5H3,(H,22,23)/t13-/m1/s1. The van der Waals surface area contributed by atoms with E-state index >= 15 is 0 Å². The molecule has 6 nitrogen and oxygen atoms in total. The molecule has 0 radical (unpaired) electrons. The summed E-state index contributed by atoms with van der Waals surface area (Å²) >= 11 is 0. The van der Waals surface area contributed by atoms with E-state index in [-0.39, 0.29) is 5.91 Å². The van der Waals surface area contributed by atoms with E-state index in [0.29, 0.717) is 22.9 Å². The smallest absolute Gasteiger partial charge is 0.246 e. The van der Waals surface area contributed by atoms with Gasteiger partial charge in [0.2, 0.25) is 11.7 Å². The zero-order valence-electron chi connectivity index (χ0n) is 15.9. The maximum atomic E-state index is 12.4. The lowest BCUT2D eigenvalue weighted by atomic mass is 10.1. The first-order valence-electron chi connectivity index (χ1n) is 8.48. The monoisotopic (exact) mass is 358 g/mol. The third kappa shape index (κ3) is 4.59. The SMILES string of the molecule is CCc1ccc(NC(=O)[C@@H](C)Nc2cc(OC)c(OC)c(OC)c2)cc1. The van der Waals surface area contributed by atoms with Gasteiger partial charge in [0, 0.05) is 23.5 Å². The van der Waals surface area contributed by atoms with Gasteiger partial charge in [0.15, 0.2) is 11.5 Å². The molecular weight excluding hydrogens is 332 g/mol. The first kappa shape index (κ1) is 19.4. The molecule has 0 aliphatic carbocycles. The van der Waals surface area contributed by atoms with E-state index < -0.39 is 6.04 Å². The van der Waals surface area contributed by atoms with Gasteiger partial charge >= 0.3 is 0 Å². The lowest BCUT2D eigenvalue weighted by Gasteiger charge is -2.18. The largest absolute Gasteiger partial charge is 0.493 e. The van der Waals surface area contributed by atoms with E-state index in [9.17, 15) is 4.79 Å². The van der Waals surface area contributed by atoms with E-state index in [4.69, 9.17) is 14.2 Å². The van der Waals surface area contributed by atoms with E-state index in [0.717, 1.165) is 12.1 Å². The number of methoxy groups -OCH3 is 3. The number of ether oxygens (including phenoxy) is 3. The van der Waals surface area contributed by atoms with Crippen LogP contribution < -0.4 is 24.8 Å². The molecule has 140 valence electrons. The molecule has 0 bridgehead atoms. The summed E-state index contributed by atoms with van der Waals surface area (Å²) in [5.41, 5.74) is 2.70. The molecule has 2 rings (SSSR count). The zero-order valence-corrected chi connectivity index (χ0v) is 15.9. The van der Waals surface area contributed by atoms with Gasteiger partial charge in [-0.05, 0) is 31.0 Å². The lowest BCUT2D eigenvalue weighted by Crippen LogP contribution is -2.31. The molecule has 0 aliphatic rings. The number of anilines is 2. The van der Waals surface area contributed by atoms with Crippen LogP contribution in [0.15, 0.2) is 36.4 Å². The van der Waals surface area contributed by atoms with Gasteiger partial charge in [-0.15, -0.1) is 0 Å². The van der Waals surface area contributed by atoms with Crippen LogP contribution in [0.2, 0.25) is 0 Å². The summed E-state index contributed by atoms with van der Waals surface area (Å²) in [7, 11) is 4.65. The Hall–Kier alpha value is -2.89. The fourth-order valence-corrected chi connectivity index (χ4v) is 2.55. The first-order chi connectivity index (χ1) is 12.5. The highest BCUT2D eigenvalue weighted by molar-refractivity contribution is 5.96. The van der Waals surface area contributed by atoms with Crippen molar-refractivity contribution < 1.29 is 19.0 Å². The minimum Gasteiger partial charge on any atom is -0.493 e. The fraction of sp³-hybridized carbons (Fsp3) is 0.350. The number of carbonyl (C=O) groups excluding carboxylic acids is 1. The molecule has 0 aromatic heterocycles. The fourth-order valence-electron chi connectivity index (χ4n) is 2.55. The Morgan fingerprint density at radius 2 is 1.54 bits per heavy atom. The summed E-state index contributed by atoms with van der Waals surface area (Å²) in [6.07, 6.45) is 0.966. The van der Waals surface area contributed by atoms with Gasteiger partial charge in [-0.1, -0.05) is 19.1 Å². The van der Waals surface area contributed by atoms with Gasteiger partial charge in [0.05, 0.1) is 21.3 Å². The predicted octanol–water partition coefficient (Wildman–Crippen LogP) is 3.71. The van der Waals surface area contributed by atoms with Gasteiger partial charge in [0.25, 0.3) is 0 Å². The number of hydrogen-bond acceptors (Lipinski definition) is 5. The molecular formula is C20H26N2O4. The molecule has 1 amide bonds. The van der Waals surface area contributed by atoms with Gasteiger partial charge in [-0.2, -0.15) is 0 Å². The molecule has 0 aliphatic heterocycles. The normalized spacial score (nSPS) is 11.4. The van der Waals surface area contributed by atoms with Crippen molar-refractivity contribution in [1.29, 1.82) is 0 Å². The van der Waals surface area contributed by atoms with Crippen molar-refractivity contribution in [3.8, 4) is 17.2 Å². The lowest BCUT2D eigenvalue weighted by molar-refractivity contribution is -0.116. The average molecular weight is 358 g/mol. The van der Waals surface area contributed by atoms with Crippen molar-refractivity contribution in [2.45, 2.75) is 26.3 Å². The van der Waals surface area contributed by atoms with Crippen molar-refractivity contribution >= 4 is 17.3 Å². The molecule has 0 saturated heterocycles. The molecule has 2 aromatic rings. The highest BCUT2D eigenvalue weighted by Crippen LogP contribution is 2.40. The number of carbonyl (C=O) groups is 1. The van der Waals surface area contributed by atoms with Crippen molar-refractivity contribution in [3.63, 3.8) is 0 Å². The Kier molecular flexibility index (Phi) is 6.72. The topological polar surface area (TPSA) is 68.8 Å². The molecule has 1 atom stereocenters. The summed E-state index contributed by atoms with van der Waals surface area (Å²) in [5.74, 6) is 1.42. The summed E-state index contributed by atoms with van der Waals surface area (Å²) in [5, 5.41) is 6.06. The van der Waals surface area contributed by atoms with Crippen molar-refractivity contribution in [1.82, 2.24) is 0 Å². The average Bonchev–Trinajstić information content (AvgIpc) is 2.67. The van der Waals surface area contributed by atoms with E-state index in [1.807, 2.05) is 24.3 Å². The van der Waals surface area contributed by atoms with E-state index in [2.05, 4.69) is 17.6 Å². The highest BCUT2D eigenvalue weighted by atomic mass is 16.5. The summed E-state index contributed by atoms with van der Waals surface area (Å²) in [6, 6.07) is 10.9. The molecule has 0 heterocycles. The number of rotatable bonds is 8. The summed E-state index contributed by atoms with van der Waals surface area (Å²) in [6.45, 7) is 3.88. The second kappa shape index (κ2) is 8.99. The Labute approximate surface area is 154 Å². The van der Waals surface area contributed by atoms with Crippen LogP contribution in [-0.2, 0) is 11.2 Å². The first-order valence-corrected chi connectivity index (χ1v) is 8.48. The minimum atomic E-state index is -0.455. The zero-order chi connectivity index (χ0) is 19.1. The molecule has 26 heavy (non-hydrogen) atoms. The van der Waals surface area contributed by atoms with Crippen LogP contribution >= 0.6 is 0 Å². The summed E-state index contributed by atoms with van der Waals surface area (Å²) in [4.78, 5) is 12.4. The second-order valence-corrected chi connectivity index (χ2v) is 5.82. The van der Waals surface area contributed by atoms with Crippen LogP contribution in [0.3, 0.4) is 0 Å². The van der Waals surface area contributed by atoms with Crippen LogP contribution in [0.5, 0.6) is 17.2 Å². The molecule has 0 fully saturated rings. The van der Waals surface area contributed by atoms with Gasteiger partial charge < -0.3 is 24.8 Å². The maximum Gasteiger partial charge on any atom is 0.246 e. The number of nitrogens with one attached hydrogen (secondary N) is 2. The van der Waals surface area contributed by atoms with Crippen LogP contribution in [0, 0.1) is 0 Å². The molecule has 0 spiro atoms. The molecule has 2 aromatic carbocycles.